The zero-order valence-electron chi connectivity index (χ0n) is 17.9. The summed E-state index contributed by atoms with van der Waals surface area (Å²) in [4.78, 5) is 4.14. The number of hydrogen-bond acceptors (Lipinski definition) is 8. The van der Waals surface area contributed by atoms with Gasteiger partial charge in [0, 0.05) is 36.7 Å². The van der Waals surface area contributed by atoms with Gasteiger partial charge in [0.1, 0.15) is 5.82 Å². The van der Waals surface area contributed by atoms with Crippen molar-refractivity contribution in [2.24, 2.45) is 0 Å². The van der Waals surface area contributed by atoms with E-state index >= 15 is 0 Å². The van der Waals surface area contributed by atoms with Crippen molar-refractivity contribution in [1.29, 1.82) is 0 Å². The van der Waals surface area contributed by atoms with Gasteiger partial charge in [-0.3, -0.25) is 0 Å². The molecule has 0 amide bonds. The number of sulfonamides is 1. The first-order chi connectivity index (χ1) is 16.1. The molecule has 34 heavy (non-hydrogen) atoms. The van der Waals surface area contributed by atoms with Crippen molar-refractivity contribution >= 4 is 10.0 Å². The van der Waals surface area contributed by atoms with Crippen LogP contribution in [-0.4, -0.2) is 39.3 Å². The number of aromatic nitrogens is 4. The predicted molar refractivity (Wildman–Crippen MR) is 113 cm³/mol. The van der Waals surface area contributed by atoms with E-state index in [2.05, 4.69) is 20.3 Å². The van der Waals surface area contributed by atoms with Crippen LogP contribution in [0.1, 0.15) is 29.3 Å². The average molecular weight is 493 g/mol. The van der Waals surface area contributed by atoms with Gasteiger partial charge in [-0.25, -0.2) is 12.8 Å². The van der Waals surface area contributed by atoms with Crippen LogP contribution >= 0.6 is 0 Å². The predicted octanol–water partition coefficient (Wildman–Crippen LogP) is 4.13. The maximum Gasteiger partial charge on any atom is 0.314 e. The lowest BCUT2D eigenvalue weighted by molar-refractivity contribution is 0.116. The molecule has 0 bridgehead atoms. The summed E-state index contributed by atoms with van der Waals surface area (Å²) in [5.74, 6) is -1.05. The van der Waals surface area contributed by atoms with E-state index in [9.17, 15) is 21.6 Å². The molecule has 0 aliphatic heterocycles. The molecule has 9 nitrogen and oxygen atoms in total. The van der Waals surface area contributed by atoms with Crippen LogP contribution < -0.4 is 0 Å². The lowest BCUT2D eigenvalue weighted by Gasteiger charge is -2.20. The van der Waals surface area contributed by atoms with Gasteiger partial charge in [-0.1, -0.05) is 35.5 Å². The molecule has 0 N–H and O–H groups in total. The van der Waals surface area contributed by atoms with Crippen molar-refractivity contribution < 1.29 is 30.5 Å². The third kappa shape index (κ3) is 5.31. The number of hydrogen-bond donors (Lipinski definition) is 0. The Morgan fingerprint density at radius 2 is 1.74 bits per heavy atom. The molecule has 0 unspecified atom stereocenters. The van der Waals surface area contributed by atoms with Gasteiger partial charge in [0.2, 0.25) is 27.6 Å². The second-order valence-electron chi connectivity index (χ2n) is 7.42. The molecule has 0 fully saturated rings. The molecule has 4 aromatic rings. The molecule has 0 atom stereocenters. The molecule has 0 spiro atoms. The lowest BCUT2D eigenvalue weighted by Crippen LogP contribution is -2.29. The smallest absolute Gasteiger partial charge is 0.314 e. The van der Waals surface area contributed by atoms with E-state index in [1.807, 2.05) is 0 Å². The highest BCUT2D eigenvalue weighted by Gasteiger charge is 2.21. The standard InChI is InChI=1S/C21H18F3N5O4S/c1-12-25-19(28-33-12)14-5-3-13(4-6-14)10-29(34(2,30)31)11-16-8-7-15(9-17(16)22)20-26-27-21(32-20)18(23)24/h3-9,18H,10-11H2,1-2H3. The minimum atomic E-state index is -3.70. The molecule has 13 heteroatoms. The Balaban J connectivity index is 1.52. The fourth-order valence-corrected chi connectivity index (χ4v) is 3.86. The van der Waals surface area contributed by atoms with Crippen molar-refractivity contribution in [1.82, 2.24) is 24.6 Å². The van der Waals surface area contributed by atoms with Crippen LogP contribution in [0.4, 0.5) is 13.2 Å². The average Bonchev–Trinajstić information content (AvgIpc) is 3.44. The second-order valence-corrected chi connectivity index (χ2v) is 9.40. The Kier molecular flexibility index (Phi) is 6.48. The third-order valence-electron chi connectivity index (χ3n) is 4.84. The van der Waals surface area contributed by atoms with Crippen LogP contribution in [0.15, 0.2) is 51.4 Å². The molecule has 2 aromatic heterocycles. The number of halogens is 3. The van der Waals surface area contributed by atoms with Crippen LogP contribution in [0, 0.1) is 12.7 Å². The van der Waals surface area contributed by atoms with Crippen molar-refractivity contribution in [3.63, 3.8) is 0 Å². The van der Waals surface area contributed by atoms with Crippen molar-refractivity contribution in [2.45, 2.75) is 26.4 Å². The van der Waals surface area contributed by atoms with Gasteiger partial charge in [0.25, 0.3) is 5.89 Å². The van der Waals surface area contributed by atoms with Gasteiger partial charge in [0.05, 0.1) is 6.26 Å². The van der Waals surface area contributed by atoms with Crippen LogP contribution in [0.5, 0.6) is 0 Å². The summed E-state index contributed by atoms with van der Waals surface area (Å²) in [6, 6.07) is 10.7. The molecule has 0 aliphatic rings. The first kappa shape index (κ1) is 23.6. The first-order valence-corrected chi connectivity index (χ1v) is 11.7. The van der Waals surface area contributed by atoms with Crippen LogP contribution in [0.3, 0.4) is 0 Å². The molecule has 0 radical (unpaired) electrons. The van der Waals surface area contributed by atoms with Crippen molar-refractivity contribution in [3.8, 4) is 22.8 Å². The minimum Gasteiger partial charge on any atom is -0.415 e. The zero-order valence-corrected chi connectivity index (χ0v) is 18.8. The molecular weight excluding hydrogens is 475 g/mol. The largest absolute Gasteiger partial charge is 0.415 e. The van der Waals surface area contributed by atoms with Crippen LogP contribution in [0.2, 0.25) is 0 Å². The van der Waals surface area contributed by atoms with E-state index in [1.165, 1.54) is 12.1 Å². The number of benzene rings is 2. The van der Waals surface area contributed by atoms with Gasteiger partial charge >= 0.3 is 6.43 Å². The molecule has 0 saturated heterocycles. The van der Waals surface area contributed by atoms with Gasteiger partial charge in [0.15, 0.2) is 0 Å². The van der Waals surface area contributed by atoms with Gasteiger partial charge in [-0.05, 0) is 17.7 Å². The number of rotatable bonds is 8. The van der Waals surface area contributed by atoms with Gasteiger partial charge < -0.3 is 8.94 Å². The Morgan fingerprint density at radius 3 is 2.29 bits per heavy atom. The number of nitrogens with zero attached hydrogens (tertiary/aromatic N) is 5. The molecule has 2 aromatic carbocycles. The molecule has 178 valence electrons. The molecule has 0 saturated carbocycles. The number of aryl methyl sites for hydroxylation is 1. The van der Waals surface area contributed by atoms with Crippen molar-refractivity contribution in [2.75, 3.05) is 6.26 Å². The van der Waals surface area contributed by atoms with E-state index < -0.39 is 28.2 Å². The van der Waals surface area contributed by atoms with E-state index in [0.29, 0.717) is 22.8 Å². The summed E-state index contributed by atoms with van der Waals surface area (Å²) < 4.78 is 75.6. The first-order valence-electron chi connectivity index (χ1n) is 9.85. The summed E-state index contributed by atoms with van der Waals surface area (Å²) in [5.41, 5.74) is 1.54. The highest BCUT2D eigenvalue weighted by molar-refractivity contribution is 7.88. The number of alkyl halides is 2. The van der Waals surface area contributed by atoms with E-state index in [4.69, 9.17) is 8.94 Å². The summed E-state index contributed by atoms with van der Waals surface area (Å²) in [6.45, 7) is 1.42. The minimum absolute atomic E-state index is 0.00696. The maximum absolute atomic E-state index is 14.7. The maximum atomic E-state index is 14.7. The molecule has 4 rings (SSSR count). The van der Waals surface area contributed by atoms with Gasteiger partial charge in [-0.2, -0.15) is 18.1 Å². The zero-order chi connectivity index (χ0) is 24.5. The summed E-state index contributed by atoms with van der Waals surface area (Å²) in [7, 11) is -3.70. The van der Waals surface area contributed by atoms with E-state index in [0.717, 1.165) is 16.6 Å². The van der Waals surface area contributed by atoms with Gasteiger partial charge in [-0.15, -0.1) is 10.2 Å². The fourth-order valence-electron chi connectivity index (χ4n) is 3.11. The molecule has 2 heterocycles. The Bertz CT molecular complexity index is 1400. The molecular formula is C21H18F3N5O4S. The molecule has 0 aliphatic carbocycles. The van der Waals surface area contributed by atoms with Crippen LogP contribution in [-0.2, 0) is 23.1 Å². The quantitative estimate of drug-likeness (QED) is 0.360. The van der Waals surface area contributed by atoms with E-state index in [-0.39, 0.29) is 30.1 Å². The second kappa shape index (κ2) is 9.35. The Hall–Kier alpha value is -3.58. The third-order valence-corrected chi connectivity index (χ3v) is 6.04. The summed E-state index contributed by atoms with van der Waals surface area (Å²) in [5, 5.41) is 10.5. The Morgan fingerprint density at radius 1 is 1.03 bits per heavy atom. The summed E-state index contributed by atoms with van der Waals surface area (Å²) >= 11 is 0. The highest BCUT2D eigenvalue weighted by Crippen LogP contribution is 2.26. The highest BCUT2D eigenvalue weighted by atomic mass is 32.2. The topological polar surface area (TPSA) is 115 Å². The normalized spacial score (nSPS) is 12.1. The Labute approximate surface area is 192 Å². The van der Waals surface area contributed by atoms with Crippen molar-refractivity contribution in [3.05, 3.63) is 71.2 Å². The summed E-state index contributed by atoms with van der Waals surface area (Å²) in [6.07, 6.45) is -1.92. The monoisotopic (exact) mass is 493 g/mol. The van der Waals surface area contributed by atoms with E-state index in [1.54, 1.807) is 31.2 Å². The van der Waals surface area contributed by atoms with Crippen LogP contribution in [0.25, 0.3) is 22.8 Å². The SMILES string of the molecule is Cc1nc(-c2ccc(CN(Cc3ccc(-c4nnc(C(F)F)o4)cc3F)S(C)(=O)=O)cc2)no1. The lowest BCUT2D eigenvalue weighted by atomic mass is 10.1. The fraction of sp³-hybridized carbons (Fsp3) is 0.238.